The number of unbranched alkanes of at least 4 members (excludes halogenated alkanes) is 11. The van der Waals surface area contributed by atoms with Crippen LogP contribution in [0.2, 0.25) is 0 Å². The molecule has 0 radical (unpaired) electrons. The van der Waals surface area contributed by atoms with Gasteiger partial charge in [-0.1, -0.05) is 138 Å². The summed E-state index contributed by atoms with van der Waals surface area (Å²) < 4.78 is 22.6. The van der Waals surface area contributed by atoms with E-state index >= 15 is 0 Å². The highest BCUT2D eigenvalue weighted by Gasteiger charge is 2.44. The van der Waals surface area contributed by atoms with E-state index in [4.69, 9.17) is 18.9 Å². The first-order valence-electron chi connectivity index (χ1n) is 20.5. The van der Waals surface area contributed by atoms with Crippen molar-refractivity contribution in [2.24, 2.45) is 0 Å². The lowest BCUT2D eigenvalue weighted by Crippen LogP contribution is -2.59. The Morgan fingerprint density at radius 1 is 0.623 bits per heavy atom. The van der Waals surface area contributed by atoms with Gasteiger partial charge in [0.25, 0.3) is 0 Å². The Labute approximate surface area is 321 Å². The van der Waals surface area contributed by atoms with Crippen LogP contribution in [-0.2, 0) is 23.7 Å². The van der Waals surface area contributed by atoms with Gasteiger partial charge in [-0.05, 0) is 64.2 Å². The minimum absolute atomic E-state index is 0.0822. The van der Waals surface area contributed by atoms with Gasteiger partial charge in [-0.15, -0.1) is 0 Å². The molecule has 6 atom stereocenters. The van der Waals surface area contributed by atoms with Gasteiger partial charge < -0.3 is 39.4 Å². The van der Waals surface area contributed by atoms with E-state index in [-0.39, 0.29) is 19.6 Å². The lowest BCUT2D eigenvalue weighted by Gasteiger charge is -2.39. The highest BCUT2D eigenvalue weighted by atomic mass is 16.7. The van der Waals surface area contributed by atoms with Crippen molar-refractivity contribution >= 4 is 5.97 Å². The summed E-state index contributed by atoms with van der Waals surface area (Å²) in [6, 6.07) is 0. The van der Waals surface area contributed by atoms with Crippen LogP contribution < -0.4 is 0 Å². The van der Waals surface area contributed by atoms with E-state index in [1.807, 2.05) is 6.08 Å². The summed E-state index contributed by atoms with van der Waals surface area (Å²) >= 11 is 0. The number of hydrogen-bond donors (Lipinski definition) is 4. The first kappa shape index (κ1) is 48.6. The molecule has 304 valence electrons. The molecular formula is C44H74O9. The molecule has 9 heteroatoms. The molecule has 0 aliphatic carbocycles. The summed E-state index contributed by atoms with van der Waals surface area (Å²) in [5.41, 5.74) is 0. The quantitative estimate of drug-likeness (QED) is 0.0296. The molecule has 0 bridgehead atoms. The summed E-state index contributed by atoms with van der Waals surface area (Å²) in [5.74, 6) is -0.445. The molecule has 1 aliphatic heterocycles. The summed E-state index contributed by atoms with van der Waals surface area (Å²) in [7, 11) is 0. The minimum Gasteiger partial charge on any atom is -0.457 e. The predicted molar refractivity (Wildman–Crippen MR) is 214 cm³/mol. The molecule has 4 N–H and O–H groups in total. The molecule has 1 heterocycles. The van der Waals surface area contributed by atoms with Crippen molar-refractivity contribution in [2.75, 3.05) is 26.4 Å². The van der Waals surface area contributed by atoms with Crippen LogP contribution in [0, 0.1) is 0 Å². The van der Waals surface area contributed by atoms with Crippen LogP contribution in [0.1, 0.15) is 136 Å². The second-order valence-corrected chi connectivity index (χ2v) is 13.7. The van der Waals surface area contributed by atoms with Gasteiger partial charge in [-0.3, -0.25) is 4.79 Å². The third-order valence-corrected chi connectivity index (χ3v) is 8.89. The zero-order valence-corrected chi connectivity index (χ0v) is 33.0. The number of carbonyl (C=O) groups excluding carboxylic acids is 1. The standard InChI is InChI=1S/C44H74O9/c1-3-5-7-9-11-13-15-17-19-21-23-25-27-29-31-33-40(46)52-38(37-51-44-43(49)42(48)41(47)39(35-45)53-44)36-50-34-32-30-28-26-24-22-20-18-16-14-12-10-8-6-4-2/h5,7,11,13,16-19,23,25,29,31,38-39,41-45,47-49H,3-4,6,8-10,12,14-15,20-22,24,26-28,30,32-37H2,1-2H3/b7-5-,13-11-,18-16-,19-17-,25-23-,31-29-. The fourth-order valence-electron chi connectivity index (χ4n) is 5.68. The minimum atomic E-state index is -1.56. The van der Waals surface area contributed by atoms with Gasteiger partial charge in [0.15, 0.2) is 6.29 Å². The van der Waals surface area contributed by atoms with Gasteiger partial charge in [0.05, 0.1) is 26.2 Å². The number of aliphatic hydroxyl groups excluding tert-OH is 4. The van der Waals surface area contributed by atoms with E-state index in [1.54, 1.807) is 6.08 Å². The Kier molecular flexibility index (Phi) is 32.4. The second kappa shape index (κ2) is 35.3. The summed E-state index contributed by atoms with van der Waals surface area (Å²) in [6.45, 7) is 4.27. The van der Waals surface area contributed by atoms with E-state index in [0.29, 0.717) is 13.0 Å². The molecule has 0 amide bonds. The molecule has 0 aromatic carbocycles. The number of carbonyl (C=O) groups is 1. The third kappa shape index (κ3) is 27.0. The highest BCUT2D eigenvalue weighted by Crippen LogP contribution is 2.22. The molecule has 1 aliphatic rings. The van der Waals surface area contributed by atoms with Crippen LogP contribution in [0.15, 0.2) is 72.9 Å². The van der Waals surface area contributed by atoms with Gasteiger partial charge in [-0.25, -0.2) is 0 Å². The van der Waals surface area contributed by atoms with Gasteiger partial charge in [0, 0.05) is 6.61 Å². The normalized spacial score (nSPS) is 21.8. The summed E-state index contributed by atoms with van der Waals surface area (Å²) in [5, 5.41) is 40.0. The maximum Gasteiger partial charge on any atom is 0.310 e. The zero-order valence-electron chi connectivity index (χ0n) is 33.0. The molecule has 1 saturated heterocycles. The van der Waals surface area contributed by atoms with Crippen molar-refractivity contribution < 1.29 is 44.2 Å². The van der Waals surface area contributed by atoms with Crippen LogP contribution in [0.4, 0.5) is 0 Å². The zero-order chi connectivity index (χ0) is 38.6. The fourth-order valence-corrected chi connectivity index (χ4v) is 5.68. The van der Waals surface area contributed by atoms with Crippen molar-refractivity contribution in [3.05, 3.63) is 72.9 Å². The molecule has 1 fully saturated rings. The van der Waals surface area contributed by atoms with Crippen LogP contribution in [0.5, 0.6) is 0 Å². The Hall–Kier alpha value is -2.37. The third-order valence-electron chi connectivity index (χ3n) is 8.89. The summed E-state index contributed by atoms with van der Waals surface area (Å²) in [4.78, 5) is 12.7. The first-order chi connectivity index (χ1) is 25.9. The number of aliphatic hydroxyl groups is 4. The monoisotopic (exact) mass is 747 g/mol. The van der Waals surface area contributed by atoms with Gasteiger partial charge in [0.1, 0.15) is 30.5 Å². The number of rotatable bonds is 33. The molecule has 9 nitrogen and oxygen atoms in total. The van der Waals surface area contributed by atoms with E-state index < -0.39 is 49.4 Å². The molecule has 0 aromatic heterocycles. The smallest absolute Gasteiger partial charge is 0.310 e. The van der Waals surface area contributed by atoms with Crippen LogP contribution in [0.3, 0.4) is 0 Å². The second-order valence-electron chi connectivity index (χ2n) is 13.7. The molecular weight excluding hydrogens is 672 g/mol. The van der Waals surface area contributed by atoms with Crippen molar-refractivity contribution in [3.8, 4) is 0 Å². The summed E-state index contributed by atoms with van der Waals surface area (Å²) in [6.07, 6.45) is 38.1. The van der Waals surface area contributed by atoms with Crippen LogP contribution in [0.25, 0.3) is 0 Å². The molecule has 6 unspecified atom stereocenters. The largest absolute Gasteiger partial charge is 0.457 e. The average molecular weight is 747 g/mol. The number of allylic oxidation sites excluding steroid dienone is 11. The Morgan fingerprint density at radius 3 is 1.72 bits per heavy atom. The molecule has 0 spiro atoms. The topological polar surface area (TPSA) is 135 Å². The average Bonchev–Trinajstić information content (AvgIpc) is 3.16. The van der Waals surface area contributed by atoms with Crippen LogP contribution >= 0.6 is 0 Å². The molecule has 53 heavy (non-hydrogen) atoms. The van der Waals surface area contributed by atoms with Crippen molar-refractivity contribution in [1.82, 2.24) is 0 Å². The van der Waals surface area contributed by atoms with Crippen molar-refractivity contribution in [3.63, 3.8) is 0 Å². The number of esters is 1. The van der Waals surface area contributed by atoms with Gasteiger partial charge >= 0.3 is 5.97 Å². The van der Waals surface area contributed by atoms with E-state index in [9.17, 15) is 25.2 Å². The van der Waals surface area contributed by atoms with E-state index in [2.05, 4.69) is 74.6 Å². The number of hydrogen-bond acceptors (Lipinski definition) is 9. The van der Waals surface area contributed by atoms with Crippen molar-refractivity contribution in [2.45, 2.75) is 173 Å². The maximum absolute atomic E-state index is 12.7. The van der Waals surface area contributed by atoms with Gasteiger partial charge in [0.2, 0.25) is 0 Å². The van der Waals surface area contributed by atoms with Crippen molar-refractivity contribution in [1.29, 1.82) is 0 Å². The predicted octanol–water partition coefficient (Wildman–Crippen LogP) is 8.52. The number of ether oxygens (including phenoxy) is 4. The maximum atomic E-state index is 12.7. The molecule has 0 aromatic rings. The van der Waals surface area contributed by atoms with Crippen LogP contribution in [-0.4, -0.2) is 89.6 Å². The highest BCUT2D eigenvalue weighted by molar-refractivity contribution is 5.71. The lowest BCUT2D eigenvalue weighted by atomic mass is 9.99. The van der Waals surface area contributed by atoms with E-state index in [1.165, 1.54) is 57.8 Å². The Bertz CT molecular complexity index is 1030. The Morgan fingerprint density at radius 2 is 1.15 bits per heavy atom. The lowest BCUT2D eigenvalue weighted by molar-refractivity contribution is -0.305. The van der Waals surface area contributed by atoms with E-state index in [0.717, 1.165) is 51.4 Å². The first-order valence-corrected chi connectivity index (χ1v) is 20.5. The SMILES string of the molecule is CC/C=C\C/C=C\C/C=C\C/C=C\C/C=C\CC(=O)OC(COCCCCCCCC/C=C\CCCCCCC)COC1OC(CO)C(O)C(O)C1O. The molecule has 0 saturated carbocycles. The molecule has 1 rings (SSSR count). The Balaban J connectivity index is 2.39. The van der Waals surface area contributed by atoms with Gasteiger partial charge in [-0.2, -0.15) is 0 Å². The fraction of sp³-hybridized carbons (Fsp3) is 0.705.